The predicted octanol–water partition coefficient (Wildman–Crippen LogP) is 1.13. The molecule has 1 aromatic rings. The van der Waals surface area contributed by atoms with E-state index in [1.54, 1.807) is 6.20 Å². The van der Waals surface area contributed by atoms with Crippen molar-refractivity contribution >= 4 is 0 Å². The van der Waals surface area contributed by atoms with E-state index in [2.05, 4.69) is 10.3 Å². The molecule has 2 rings (SSSR count). The Balaban J connectivity index is 2.04. The average molecular weight is 178 g/mol. The Morgan fingerprint density at radius 3 is 3.23 bits per heavy atom. The van der Waals surface area contributed by atoms with Crippen molar-refractivity contribution in [1.29, 1.82) is 0 Å². The van der Waals surface area contributed by atoms with Gasteiger partial charge in [0.25, 0.3) is 0 Å². The molecule has 0 radical (unpaired) electrons. The van der Waals surface area contributed by atoms with Crippen LogP contribution in [0.1, 0.15) is 12.1 Å². The third-order valence-electron chi connectivity index (χ3n) is 2.27. The molecule has 2 heterocycles. The summed E-state index contributed by atoms with van der Waals surface area (Å²) < 4.78 is 5.78. The Labute approximate surface area is 78.1 Å². The average Bonchev–Trinajstić information content (AvgIpc) is 2.61. The van der Waals surface area contributed by atoms with Gasteiger partial charge in [-0.3, -0.25) is 4.98 Å². The third kappa shape index (κ3) is 1.98. The summed E-state index contributed by atoms with van der Waals surface area (Å²) in [6.45, 7) is 3.98. The molecule has 0 spiro atoms. The maximum Gasteiger partial charge on any atom is 0.140 e. The van der Waals surface area contributed by atoms with E-state index in [4.69, 9.17) is 4.74 Å². The van der Waals surface area contributed by atoms with Gasteiger partial charge in [-0.25, -0.2) is 0 Å². The molecule has 1 atom stereocenters. The van der Waals surface area contributed by atoms with Gasteiger partial charge in [-0.1, -0.05) is 0 Å². The van der Waals surface area contributed by atoms with Crippen LogP contribution < -0.4 is 10.1 Å². The van der Waals surface area contributed by atoms with Crippen LogP contribution in [0.5, 0.6) is 5.75 Å². The number of pyridine rings is 1. The van der Waals surface area contributed by atoms with Crippen LogP contribution in [0.15, 0.2) is 18.3 Å². The summed E-state index contributed by atoms with van der Waals surface area (Å²) in [7, 11) is 0. The highest BCUT2D eigenvalue weighted by Gasteiger charge is 2.16. The lowest BCUT2D eigenvalue weighted by Gasteiger charge is -2.13. The first-order chi connectivity index (χ1) is 6.36. The molecule has 1 aliphatic heterocycles. The highest BCUT2D eigenvalue weighted by Crippen LogP contribution is 2.17. The molecule has 1 unspecified atom stereocenters. The molecule has 13 heavy (non-hydrogen) atoms. The first-order valence-electron chi connectivity index (χ1n) is 4.65. The molecular weight excluding hydrogens is 164 g/mol. The summed E-state index contributed by atoms with van der Waals surface area (Å²) in [5.74, 6) is 0.913. The lowest BCUT2D eigenvalue weighted by atomic mass is 10.3. The molecule has 3 heteroatoms. The molecule has 3 nitrogen and oxygen atoms in total. The maximum absolute atomic E-state index is 5.78. The van der Waals surface area contributed by atoms with Crippen molar-refractivity contribution in [3.8, 4) is 5.75 Å². The van der Waals surface area contributed by atoms with Crippen LogP contribution in [0.25, 0.3) is 0 Å². The lowest BCUT2D eigenvalue weighted by Crippen LogP contribution is -2.20. The van der Waals surface area contributed by atoms with E-state index >= 15 is 0 Å². The summed E-state index contributed by atoms with van der Waals surface area (Å²) in [5.41, 5.74) is 0.967. The van der Waals surface area contributed by atoms with Crippen molar-refractivity contribution in [2.45, 2.75) is 19.4 Å². The monoisotopic (exact) mass is 178 g/mol. The minimum Gasteiger partial charge on any atom is -0.487 e. The van der Waals surface area contributed by atoms with Crippen LogP contribution in [0.4, 0.5) is 0 Å². The Bertz CT molecular complexity index is 282. The van der Waals surface area contributed by atoms with Gasteiger partial charge in [-0.15, -0.1) is 0 Å². The molecule has 0 aliphatic carbocycles. The first-order valence-corrected chi connectivity index (χ1v) is 4.65. The van der Waals surface area contributed by atoms with Crippen LogP contribution in [0, 0.1) is 6.92 Å². The second kappa shape index (κ2) is 3.75. The van der Waals surface area contributed by atoms with Crippen LogP contribution in [-0.2, 0) is 0 Å². The van der Waals surface area contributed by atoms with Crippen molar-refractivity contribution < 1.29 is 4.74 Å². The van der Waals surface area contributed by atoms with Gasteiger partial charge in [-0.2, -0.15) is 0 Å². The topological polar surface area (TPSA) is 34.1 Å². The molecule has 1 aliphatic rings. The largest absolute Gasteiger partial charge is 0.487 e. The van der Waals surface area contributed by atoms with Gasteiger partial charge >= 0.3 is 0 Å². The Kier molecular flexibility index (Phi) is 2.45. The standard InChI is InChI=1S/C10H14N2O/c1-8-10(3-2-5-12-8)13-9-4-6-11-7-9/h2-3,5,9,11H,4,6-7H2,1H3. The number of ether oxygens (including phenoxy) is 1. The molecule has 0 aromatic carbocycles. The van der Waals surface area contributed by atoms with E-state index < -0.39 is 0 Å². The van der Waals surface area contributed by atoms with E-state index in [1.165, 1.54) is 0 Å². The van der Waals surface area contributed by atoms with Crippen molar-refractivity contribution in [2.75, 3.05) is 13.1 Å². The number of hydrogen-bond acceptors (Lipinski definition) is 3. The summed E-state index contributed by atoms with van der Waals surface area (Å²) in [5, 5.41) is 3.27. The summed E-state index contributed by atoms with van der Waals surface area (Å²) in [6, 6.07) is 3.88. The number of rotatable bonds is 2. The van der Waals surface area contributed by atoms with Gasteiger partial charge in [-0.05, 0) is 32.0 Å². The SMILES string of the molecule is Cc1ncccc1OC1CCNC1. The molecule has 0 saturated carbocycles. The highest BCUT2D eigenvalue weighted by atomic mass is 16.5. The van der Waals surface area contributed by atoms with E-state index in [1.807, 2.05) is 19.1 Å². The summed E-state index contributed by atoms with van der Waals surface area (Å²) >= 11 is 0. The third-order valence-corrected chi connectivity index (χ3v) is 2.27. The molecule has 1 N–H and O–H groups in total. The molecule has 0 bridgehead atoms. The fourth-order valence-electron chi connectivity index (χ4n) is 1.50. The van der Waals surface area contributed by atoms with E-state index in [-0.39, 0.29) is 0 Å². The zero-order valence-corrected chi connectivity index (χ0v) is 7.79. The number of hydrogen-bond donors (Lipinski definition) is 1. The number of nitrogens with zero attached hydrogens (tertiary/aromatic N) is 1. The number of nitrogens with one attached hydrogen (secondary N) is 1. The quantitative estimate of drug-likeness (QED) is 0.737. The van der Waals surface area contributed by atoms with Crippen molar-refractivity contribution in [1.82, 2.24) is 10.3 Å². The minimum atomic E-state index is 0.322. The molecule has 1 aromatic heterocycles. The normalized spacial score (nSPS) is 21.8. The van der Waals surface area contributed by atoms with Crippen molar-refractivity contribution in [3.63, 3.8) is 0 Å². The fraction of sp³-hybridized carbons (Fsp3) is 0.500. The van der Waals surface area contributed by atoms with Gasteiger partial charge in [0.05, 0.1) is 5.69 Å². The lowest BCUT2D eigenvalue weighted by molar-refractivity contribution is 0.220. The maximum atomic E-state index is 5.78. The van der Waals surface area contributed by atoms with Gasteiger partial charge in [0.15, 0.2) is 0 Å². The Hall–Kier alpha value is -1.09. The Morgan fingerprint density at radius 1 is 1.62 bits per heavy atom. The smallest absolute Gasteiger partial charge is 0.140 e. The van der Waals surface area contributed by atoms with Gasteiger partial charge in [0, 0.05) is 12.7 Å². The van der Waals surface area contributed by atoms with Gasteiger partial charge in [0.1, 0.15) is 11.9 Å². The minimum absolute atomic E-state index is 0.322. The molecule has 1 saturated heterocycles. The van der Waals surface area contributed by atoms with E-state index in [0.717, 1.165) is 31.0 Å². The van der Waals surface area contributed by atoms with Gasteiger partial charge in [0.2, 0.25) is 0 Å². The predicted molar refractivity (Wildman–Crippen MR) is 50.9 cm³/mol. The molecule has 70 valence electrons. The second-order valence-corrected chi connectivity index (χ2v) is 3.32. The summed E-state index contributed by atoms with van der Waals surface area (Å²) in [4.78, 5) is 4.18. The zero-order valence-electron chi connectivity index (χ0n) is 7.79. The van der Waals surface area contributed by atoms with Crippen LogP contribution >= 0.6 is 0 Å². The second-order valence-electron chi connectivity index (χ2n) is 3.32. The molecule has 1 fully saturated rings. The molecule has 0 amide bonds. The number of aromatic nitrogens is 1. The fourth-order valence-corrected chi connectivity index (χ4v) is 1.50. The van der Waals surface area contributed by atoms with E-state index in [9.17, 15) is 0 Å². The Morgan fingerprint density at radius 2 is 2.54 bits per heavy atom. The highest BCUT2D eigenvalue weighted by molar-refractivity contribution is 5.25. The number of aryl methyl sites for hydroxylation is 1. The van der Waals surface area contributed by atoms with Crippen LogP contribution in [0.2, 0.25) is 0 Å². The van der Waals surface area contributed by atoms with Crippen LogP contribution in [0.3, 0.4) is 0 Å². The summed E-state index contributed by atoms with van der Waals surface area (Å²) in [6.07, 6.45) is 3.20. The molecular formula is C10H14N2O. The van der Waals surface area contributed by atoms with Gasteiger partial charge < -0.3 is 10.1 Å². The van der Waals surface area contributed by atoms with Crippen molar-refractivity contribution in [3.05, 3.63) is 24.0 Å². The first kappa shape index (κ1) is 8.51. The van der Waals surface area contributed by atoms with Crippen molar-refractivity contribution in [2.24, 2.45) is 0 Å². The zero-order chi connectivity index (χ0) is 9.10. The van der Waals surface area contributed by atoms with E-state index in [0.29, 0.717) is 6.10 Å². The van der Waals surface area contributed by atoms with Crippen LogP contribution in [-0.4, -0.2) is 24.2 Å².